The van der Waals surface area contributed by atoms with Crippen molar-refractivity contribution in [2.75, 3.05) is 0 Å². The quantitative estimate of drug-likeness (QED) is 0.707. The fourth-order valence-electron chi connectivity index (χ4n) is 1.99. The zero-order valence-corrected chi connectivity index (χ0v) is 11.7. The van der Waals surface area contributed by atoms with Crippen LogP contribution < -0.4 is 0 Å². The highest BCUT2D eigenvalue weighted by molar-refractivity contribution is 6.42. The predicted octanol–water partition coefficient (Wildman–Crippen LogP) is 4.69. The molecule has 0 aliphatic carbocycles. The van der Waals surface area contributed by atoms with Gasteiger partial charge in [-0.15, -0.1) is 0 Å². The minimum Gasteiger partial charge on any atom is -0.367 e. The molecule has 0 aliphatic heterocycles. The van der Waals surface area contributed by atoms with Crippen LogP contribution in [0, 0.1) is 6.92 Å². The van der Waals surface area contributed by atoms with E-state index in [2.05, 4.69) is 15.0 Å². The second-order valence-electron chi connectivity index (χ2n) is 4.29. The maximum absolute atomic E-state index is 6.05. The first-order chi connectivity index (χ1) is 9.15. The molecule has 5 heteroatoms. The number of aromatic amines is 2. The molecule has 2 heterocycles. The van der Waals surface area contributed by atoms with Gasteiger partial charge in [0.2, 0.25) is 0 Å². The third-order valence-corrected chi connectivity index (χ3v) is 3.69. The van der Waals surface area contributed by atoms with E-state index in [4.69, 9.17) is 23.2 Å². The zero-order chi connectivity index (χ0) is 13.4. The molecule has 0 radical (unpaired) electrons. The first-order valence-electron chi connectivity index (χ1n) is 5.80. The maximum atomic E-state index is 6.05. The van der Waals surface area contributed by atoms with Crippen LogP contribution >= 0.6 is 23.2 Å². The highest BCUT2D eigenvalue weighted by Crippen LogP contribution is 2.30. The number of benzene rings is 1. The smallest absolute Gasteiger partial charge is 0.139 e. The number of nitrogens with one attached hydrogen (secondary N) is 2. The number of H-pyrrole nitrogens is 2. The molecule has 0 saturated heterocycles. The second kappa shape index (κ2) is 4.76. The molecule has 0 saturated carbocycles. The van der Waals surface area contributed by atoms with Crippen LogP contribution in [-0.4, -0.2) is 15.0 Å². The number of aryl methyl sites for hydroxylation is 1. The summed E-state index contributed by atoms with van der Waals surface area (Å²) in [5, 5.41) is 1.08. The van der Waals surface area contributed by atoms with Crippen molar-refractivity contribution in [2.24, 2.45) is 0 Å². The van der Waals surface area contributed by atoms with Crippen LogP contribution in [0.2, 0.25) is 10.0 Å². The molecule has 0 atom stereocenters. The molecule has 2 N–H and O–H groups in total. The third-order valence-electron chi connectivity index (χ3n) is 2.95. The Morgan fingerprint density at radius 2 is 1.89 bits per heavy atom. The fraction of sp³-hybridized carbons (Fsp3) is 0.0714. The van der Waals surface area contributed by atoms with Crippen LogP contribution in [0.15, 0.2) is 36.7 Å². The van der Waals surface area contributed by atoms with Gasteiger partial charge in [0.15, 0.2) is 0 Å². The van der Waals surface area contributed by atoms with Crippen molar-refractivity contribution in [2.45, 2.75) is 6.92 Å². The average Bonchev–Trinajstić information content (AvgIpc) is 3.01. The third kappa shape index (κ3) is 2.27. The van der Waals surface area contributed by atoms with Gasteiger partial charge in [-0.2, -0.15) is 0 Å². The van der Waals surface area contributed by atoms with Crippen molar-refractivity contribution >= 4 is 23.2 Å². The topological polar surface area (TPSA) is 44.5 Å². The summed E-state index contributed by atoms with van der Waals surface area (Å²) < 4.78 is 0. The summed E-state index contributed by atoms with van der Waals surface area (Å²) in [6.07, 6.45) is 3.77. The van der Waals surface area contributed by atoms with Crippen LogP contribution in [0.5, 0.6) is 0 Å². The van der Waals surface area contributed by atoms with E-state index < -0.39 is 0 Å². The Hall–Kier alpha value is -1.71. The summed E-state index contributed by atoms with van der Waals surface area (Å²) in [6.45, 7) is 1.99. The molecule has 0 spiro atoms. The Morgan fingerprint density at radius 1 is 1.05 bits per heavy atom. The molecular formula is C14H11Cl2N3. The van der Waals surface area contributed by atoms with Gasteiger partial charge in [-0.25, -0.2) is 4.98 Å². The van der Waals surface area contributed by atoms with Crippen molar-refractivity contribution < 1.29 is 0 Å². The van der Waals surface area contributed by atoms with Gasteiger partial charge in [-0.05, 0) is 25.1 Å². The SMILES string of the molecule is Cc1[nH]c(-c2cc[nH]c2)nc1-c1ccc(Cl)c(Cl)c1. The molecule has 1 aromatic carbocycles. The van der Waals surface area contributed by atoms with Crippen molar-refractivity contribution in [3.63, 3.8) is 0 Å². The first-order valence-corrected chi connectivity index (χ1v) is 6.56. The number of rotatable bonds is 2. The lowest BCUT2D eigenvalue weighted by Crippen LogP contribution is -1.82. The maximum Gasteiger partial charge on any atom is 0.139 e. The zero-order valence-electron chi connectivity index (χ0n) is 10.2. The first kappa shape index (κ1) is 12.3. The van der Waals surface area contributed by atoms with Gasteiger partial charge in [0.25, 0.3) is 0 Å². The van der Waals surface area contributed by atoms with Crippen LogP contribution in [0.25, 0.3) is 22.6 Å². The normalized spacial score (nSPS) is 10.9. The van der Waals surface area contributed by atoms with E-state index in [-0.39, 0.29) is 0 Å². The minimum absolute atomic E-state index is 0.532. The van der Waals surface area contributed by atoms with E-state index in [1.165, 1.54) is 0 Å². The molecule has 2 aromatic heterocycles. The Bertz CT molecular complexity index is 714. The van der Waals surface area contributed by atoms with Gasteiger partial charge in [0.1, 0.15) is 5.82 Å². The summed E-state index contributed by atoms with van der Waals surface area (Å²) in [5.41, 5.74) is 3.85. The Morgan fingerprint density at radius 3 is 2.58 bits per heavy atom. The van der Waals surface area contributed by atoms with Crippen molar-refractivity contribution in [1.82, 2.24) is 15.0 Å². The molecule has 0 bridgehead atoms. The Labute approximate surface area is 120 Å². The van der Waals surface area contributed by atoms with Gasteiger partial charge in [-0.1, -0.05) is 29.3 Å². The minimum atomic E-state index is 0.532. The number of hydrogen-bond donors (Lipinski definition) is 2. The Kier molecular flexibility index (Phi) is 3.09. The van der Waals surface area contributed by atoms with Gasteiger partial charge >= 0.3 is 0 Å². The van der Waals surface area contributed by atoms with E-state index in [1.54, 1.807) is 6.07 Å². The number of aromatic nitrogens is 3. The Balaban J connectivity index is 2.08. The van der Waals surface area contributed by atoms with E-state index in [0.717, 1.165) is 28.3 Å². The molecule has 0 fully saturated rings. The fourth-order valence-corrected chi connectivity index (χ4v) is 2.29. The predicted molar refractivity (Wildman–Crippen MR) is 78.6 cm³/mol. The summed E-state index contributed by atoms with van der Waals surface area (Å²) >= 11 is 12.0. The molecule has 3 nitrogen and oxygen atoms in total. The highest BCUT2D eigenvalue weighted by Gasteiger charge is 2.11. The standard InChI is InChI=1S/C14H11Cl2N3/c1-8-13(9-2-3-11(15)12(16)6-9)19-14(18-8)10-4-5-17-7-10/h2-7,17H,1H3,(H,18,19). The van der Waals surface area contributed by atoms with Gasteiger partial charge in [0.05, 0.1) is 15.7 Å². The van der Waals surface area contributed by atoms with Crippen LogP contribution in [-0.2, 0) is 0 Å². The van der Waals surface area contributed by atoms with Crippen molar-refractivity contribution in [3.05, 3.63) is 52.4 Å². The van der Waals surface area contributed by atoms with Crippen molar-refractivity contribution in [3.8, 4) is 22.6 Å². The van der Waals surface area contributed by atoms with Crippen LogP contribution in [0.3, 0.4) is 0 Å². The number of nitrogens with zero attached hydrogens (tertiary/aromatic N) is 1. The second-order valence-corrected chi connectivity index (χ2v) is 5.10. The lowest BCUT2D eigenvalue weighted by atomic mass is 10.1. The van der Waals surface area contributed by atoms with Gasteiger partial charge < -0.3 is 9.97 Å². The molecule has 0 unspecified atom stereocenters. The molecule has 19 heavy (non-hydrogen) atoms. The van der Waals surface area contributed by atoms with Crippen LogP contribution in [0.1, 0.15) is 5.69 Å². The van der Waals surface area contributed by atoms with Gasteiger partial charge in [0, 0.05) is 29.2 Å². The van der Waals surface area contributed by atoms with Gasteiger partial charge in [-0.3, -0.25) is 0 Å². The van der Waals surface area contributed by atoms with Crippen LogP contribution in [0.4, 0.5) is 0 Å². The number of halogens is 2. The largest absolute Gasteiger partial charge is 0.367 e. The van der Waals surface area contributed by atoms with E-state index in [9.17, 15) is 0 Å². The van der Waals surface area contributed by atoms with Crippen molar-refractivity contribution in [1.29, 1.82) is 0 Å². The summed E-state index contributed by atoms with van der Waals surface area (Å²) in [5.74, 6) is 0.833. The summed E-state index contributed by atoms with van der Waals surface area (Å²) in [7, 11) is 0. The van der Waals surface area contributed by atoms with E-state index in [1.807, 2.05) is 37.5 Å². The number of imidazole rings is 1. The molecule has 96 valence electrons. The van der Waals surface area contributed by atoms with E-state index >= 15 is 0 Å². The molecular weight excluding hydrogens is 281 g/mol. The summed E-state index contributed by atoms with van der Waals surface area (Å²) in [6, 6.07) is 7.49. The number of hydrogen-bond acceptors (Lipinski definition) is 1. The monoisotopic (exact) mass is 291 g/mol. The molecule has 0 aliphatic rings. The lowest BCUT2D eigenvalue weighted by Gasteiger charge is -2.01. The summed E-state index contributed by atoms with van der Waals surface area (Å²) in [4.78, 5) is 10.9. The molecule has 3 aromatic rings. The average molecular weight is 292 g/mol. The molecule has 0 amide bonds. The lowest BCUT2D eigenvalue weighted by molar-refractivity contribution is 1.26. The molecule has 3 rings (SSSR count). The highest BCUT2D eigenvalue weighted by atomic mass is 35.5. The van der Waals surface area contributed by atoms with E-state index in [0.29, 0.717) is 10.0 Å².